The van der Waals surface area contributed by atoms with Crippen LogP contribution in [0.1, 0.15) is 54.0 Å². The van der Waals surface area contributed by atoms with E-state index in [0.29, 0.717) is 25.9 Å². The van der Waals surface area contributed by atoms with Crippen molar-refractivity contribution in [2.24, 2.45) is 0 Å². The fourth-order valence-corrected chi connectivity index (χ4v) is 5.57. The number of hydrogen-bond donors (Lipinski definition) is 0. The van der Waals surface area contributed by atoms with E-state index in [0.717, 1.165) is 43.5 Å². The highest BCUT2D eigenvalue weighted by Gasteiger charge is 2.27. The fraction of sp³-hybridized carbons (Fsp3) is 0.368. The van der Waals surface area contributed by atoms with Gasteiger partial charge in [-0.1, -0.05) is 74.5 Å². The first-order valence-corrected chi connectivity index (χ1v) is 15.7. The van der Waals surface area contributed by atoms with Gasteiger partial charge in [0.1, 0.15) is 42.7 Å². The van der Waals surface area contributed by atoms with Crippen molar-refractivity contribution in [3.05, 3.63) is 125 Å². The van der Waals surface area contributed by atoms with Crippen molar-refractivity contribution in [1.82, 2.24) is 0 Å². The highest BCUT2D eigenvalue weighted by Crippen LogP contribution is 2.37. The van der Waals surface area contributed by atoms with E-state index in [1.54, 1.807) is 0 Å². The van der Waals surface area contributed by atoms with E-state index in [1.165, 1.54) is 27.8 Å². The number of epoxide rings is 3. The van der Waals surface area contributed by atoms with Crippen molar-refractivity contribution >= 4 is 0 Å². The summed E-state index contributed by atoms with van der Waals surface area (Å²) in [6.45, 7) is 8.87. The summed E-state index contributed by atoms with van der Waals surface area (Å²) in [6, 6.07) is 34.5. The van der Waals surface area contributed by atoms with Gasteiger partial charge in [-0.25, -0.2) is 0 Å². The van der Waals surface area contributed by atoms with Crippen molar-refractivity contribution in [3.63, 3.8) is 0 Å². The topological polar surface area (TPSA) is 65.3 Å². The van der Waals surface area contributed by atoms with Crippen molar-refractivity contribution in [3.8, 4) is 17.2 Å². The van der Waals surface area contributed by atoms with Crippen molar-refractivity contribution in [1.29, 1.82) is 0 Å². The summed E-state index contributed by atoms with van der Waals surface area (Å²) >= 11 is 0. The Balaban J connectivity index is 1.10. The highest BCUT2D eigenvalue weighted by atomic mass is 16.6. The van der Waals surface area contributed by atoms with Crippen LogP contribution in [0.25, 0.3) is 0 Å². The Bertz CT molecular complexity index is 1500. The summed E-state index contributed by atoms with van der Waals surface area (Å²) in [6.07, 6.45) is 1.79. The van der Waals surface area contributed by atoms with E-state index in [4.69, 9.17) is 28.4 Å². The number of hydrogen-bond acceptors (Lipinski definition) is 6. The van der Waals surface area contributed by atoms with E-state index < -0.39 is 0 Å². The van der Waals surface area contributed by atoms with Crippen LogP contribution in [-0.4, -0.2) is 58.0 Å². The van der Waals surface area contributed by atoms with Crippen LogP contribution < -0.4 is 14.2 Å². The first-order valence-electron chi connectivity index (χ1n) is 15.7. The van der Waals surface area contributed by atoms with Crippen LogP contribution in [0.2, 0.25) is 0 Å². The van der Waals surface area contributed by atoms with Crippen LogP contribution in [0, 0.1) is 0 Å². The van der Waals surface area contributed by atoms with Gasteiger partial charge in [-0.05, 0) is 64.2 Å². The molecule has 0 bridgehead atoms. The fourth-order valence-electron chi connectivity index (χ4n) is 5.57. The van der Waals surface area contributed by atoms with Crippen molar-refractivity contribution < 1.29 is 28.4 Å². The van der Waals surface area contributed by atoms with Crippen LogP contribution in [0.15, 0.2) is 97.1 Å². The van der Waals surface area contributed by atoms with Gasteiger partial charge in [0.2, 0.25) is 0 Å². The highest BCUT2D eigenvalue weighted by molar-refractivity contribution is 5.48. The molecule has 0 radical (unpaired) electrons. The lowest BCUT2D eigenvalue weighted by Gasteiger charge is -2.27. The van der Waals surface area contributed by atoms with Gasteiger partial charge in [0.05, 0.1) is 32.5 Å². The standard InChI is InChI=1S/C38H40O6/c1-38(2,30-11-17-33(18-12-30)41-23-36-25-44-36)29-9-3-26(4-10-29)37(28-7-15-32(16-8-28)40-22-35-24-43-35)27-5-13-31(14-6-27)39-20-19-34-21-42-34/h3-18,34-37H,19-25H2,1-2H3. The molecule has 4 aromatic carbocycles. The summed E-state index contributed by atoms with van der Waals surface area (Å²) in [5.41, 5.74) is 5.99. The second-order valence-corrected chi connectivity index (χ2v) is 12.5. The molecule has 6 nitrogen and oxygen atoms in total. The van der Waals surface area contributed by atoms with Crippen LogP contribution in [0.3, 0.4) is 0 Å². The predicted octanol–water partition coefficient (Wildman–Crippen LogP) is 6.92. The van der Waals surface area contributed by atoms with Gasteiger partial charge in [-0.2, -0.15) is 0 Å². The van der Waals surface area contributed by atoms with E-state index in [-0.39, 0.29) is 23.5 Å². The van der Waals surface area contributed by atoms with E-state index >= 15 is 0 Å². The molecule has 4 aromatic rings. The predicted molar refractivity (Wildman–Crippen MR) is 169 cm³/mol. The Kier molecular flexibility index (Phi) is 8.30. The Labute approximate surface area is 259 Å². The lowest BCUT2D eigenvalue weighted by Crippen LogP contribution is -2.19. The van der Waals surface area contributed by atoms with Gasteiger partial charge >= 0.3 is 0 Å². The molecule has 4 atom stereocenters. The molecular weight excluding hydrogens is 552 g/mol. The molecule has 0 saturated carbocycles. The summed E-state index contributed by atoms with van der Waals surface area (Å²) < 4.78 is 33.6. The Hall–Kier alpha value is -3.84. The molecule has 3 heterocycles. The maximum absolute atomic E-state index is 5.98. The molecule has 6 heteroatoms. The molecule has 7 rings (SSSR count). The zero-order chi connectivity index (χ0) is 29.9. The van der Waals surface area contributed by atoms with Gasteiger partial charge < -0.3 is 28.4 Å². The van der Waals surface area contributed by atoms with Gasteiger partial charge in [0.15, 0.2) is 0 Å². The molecule has 0 spiro atoms. The third-order valence-corrected chi connectivity index (χ3v) is 8.76. The number of benzene rings is 4. The zero-order valence-electron chi connectivity index (χ0n) is 25.4. The van der Waals surface area contributed by atoms with Gasteiger partial charge in [-0.15, -0.1) is 0 Å². The SMILES string of the molecule is CC(C)(c1ccc(OCC2CO2)cc1)c1ccc(C(c2ccc(OCCC3CO3)cc2)c2ccc(OCC3CO3)cc2)cc1. The maximum atomic E-state index is 5.98. The molecule has 3 fully saturated rings. The quantitative estimate of drug-likeness (QED) is 0.110. The van der Waals surface area contributed by atoms with E-state index in [1.807, 2.05) is 0 Å². The second kappa shape index (κ2) is 12.6. The Morgan fingerprint density at radius 1 is 0.545 bits per heavy atom. The maximum Gasteiger partial charge on any atom is 0.119 e. The molecule has 4 unspecified atom stereocenters. The molecule has 0 aliphatic carbocycles. The smallest absolute Gasteiger partial charge is 0.119 e. The zero-order valence-corrected chi connectivity index (χ0v) is 25.4. The molecule has 3 saturated heterocycles. The first kappa shape index (κ1) is 28.9. The Morgan fingerprint density at radius 3 is 1.34 bits per heavy atom. The van der Waals surface area contributed by atoms with Crippen molar-refractivity contribution in [2.75, 3.05) is 39.6 Å². The van der Waals surface area contributed by atoms with Crippen LogP contribution in [0.5, 0.6) is 17.2 Å². The number of ether oxygens (including phenoxy) is 6. The minimum absolute atomic E-state index is 0.0637. The molecular formula is C38H40O6. The van der Waals surface area contributed by atoms with Gasteiger partial charge in [0.25, 0.3) is 0 Å². The van der Waals surface area contributed by atoms with Gasteiger partial charge in [-0.3, -0.25) is 0 Å². The lowest BCUT2D eigenvalue weighted by molar-refractivity contribution is 0.263. The molecule has 228 valence electrons. The monoisotopic (exact) mass is 592 g/mol. The van der Waals surface area contributed by atoms with Crippen LogP contribution >= 0.6 is 0 Å². The minimum atomic E-state index is -0.166. The van der Waals surface area contributed by atoms with Gasteiger partial charge in [0, 0.05) is 17.8 Å². The third kappa shape index (κ3) is 7.27. The first-order chi connectivity index (χ1) is 21.5. The summed E-state index contributed by atoms with van der Waals surface area (Å²) in [7, 11) is 0. The molecule has 0 amide bonds. The normalized spacial score (nSPS) is 20.9. The molecule has 44 heavy (non-hydrogen) atoms. The summed E-state index contributed by atoms with van der Waals surface area (Å²) in [5.74, 6) is 2.69. The number of rotatable bonds is 15. The Morgan fingerprint density at radius 2 is 0.909 bits per heavy atom. The van der Waals surface area contributed by atoms with Crippen LogP contribution in [-0.2, 0) is 19.6 Å². The van der Waals surface area contributed by atoms with E-state index in [2.05, 4.69) is 111 Å². The van der Waals surface area contributed by atoms with E-state index in [9.17, 15) is 0 Å². The van der Waals surface area contributed by atoms with Crippen molar-refractivity contribution in [2.45, 2.75) is 49.9 Å². The molecule has 3 aliphatic heterocycles. The minimum Gasteiger partial charge on any atom is -0.493 e. The largest absolute Gasteiger partial charge is 0.493 e. The lowest BCUT2D eigenvalue weighted by atomic mass is 9.77. The summed E-state index contributed by atoms with van der Waals surface area (Å²) in [4.78, 5) is 0. The second-order valence-electron chi connectivity index (χ2n) is 12.5. The third-order valence-electron chi connectivity index (χ3n) is 8.76. The van der Waals surface area contributed by atoms with Crippen LogP contribution in [0.4, 0.5) is 0 Å². The molecule has 3 aliphatic rings. The average molecular weight is 593 g/mol. The molecule has 0 N–H and O–H groups in total. The molecule has 0 aromatic heterocycles. The summed E-state index contributed by atoms with van der Waals surface area (Å²) in [5, 5.41) is 0. The average Bonchev–Trinajstić information content (AvgIpc) is 3.90.